The van der Waals surface area contributed by atoms with Gasteiger partial charge in [0, 0.05) is 0 Å². The minimum absolute atomic E-state index is 0.0136. The first-order valence-electron chi connectivity index (χ1n) is 4.92. The molecule has 0 bridgehead atoms. The van der Waals surface area contributed by atoms with E-state index in [0.29, 0.717) is 11.3 Å². The highest BCUT2D eigenvalue weighted by Crippen LogP contribution is 2.30. The Morgan fingerprint density at radius 1 is 1.44 bits per heavy atom. The van der Waals surface area contributed by atoms with Gasteiger partial charge < -0.3 is 9.47 Å². The molecule has 0 fully saturated rings. The fourth-order valence-electron chi connectivity index (χ4n) is 1.43. The first-order valence-corrected chi connectivity index (χ1v) is 4.92. The van der Waals surface area contributed by atoms with Gasteiger partial charge in [-0.05, 0) is 19.1 Å². The Hall–Kier alpha value is -2.10. The van der Waals surface area contributed by atoms with Crippen LogP contribution in [0.25, 0.3) is 0 Å². The van der Waals surface area contributed by atoms with Gasteiger partial charge in [-0.15, -0.1) is 0 Å². The minimum atomic E-state index is -0.571. The molecule has 0 amide bonds. The fourth-order valence-corrected chi connectivity index (χ4v) is 1.43. The maximum absolute atomic E-state index is 11.7. The van der Waals surface area contributed by atoms with E-state index in [1.807, 2.05) is 0 Å². The van der Waals surface area contributed by atoms with Crippen LogP contribution in [-0.2, 0) is 9.53 Å². The fraction of sp³-hybridized carbons (Fsp3) is 0.167. The molecule has 1 aromatic carbocycles. The van der Waals surface area contributed by atoms with Gasteiger partial charge in [-0.1, -0.05) is 12.1 Å². The second-order valence-electron chi connectivity index (χ2n) is 3.19. The predicted octanol–water partition coefficient (Wildman–Crippen LogP) is 1.71. The summed E-state index contributed by atoms with van der Waals surface area (Å²) in [5, 5.41) is 0. The van der Waals surface area contributed by atoms with Crippen molar-refractivity contribution in [2.45, 2.75) is 6.92 Å². The summed E-state index contributed by atoms with van der Waals surface area (Å²) in [5.74, 6) is -0.370. The lowest BCUT2D eigenvalue weighted by molar-refractivity contribution is -0.137. The van der Waals surface area contributed by atoms with Gasteiger partial charge in [-0.2, -0.15) is 0 Å². The molecule has 0 aromatic heterocycles. The van der Waals surface area contributed by atoms with E-state index in [2.05, 4.69) is 0 Å². The van der Waals surface area contributed by atoms with E-state index in [1.54, 1.807) is 31.2 Å². The molecule has 1 aliphatic rings. The molecule has 0 saturated carbocycles. The molecule has 0 unspecified atom stereocenters. The molecule has 1 aliphatic heterocycles. The third-order valence-electron chi connectivity index (χ3n) is 2.11. The second kappa shape index (κ2) is 4.18. The molecule has 2 rings (SSSR count). The van der Waals surface area contributed by atoms with Crippen molar-refractivity contribution in [2.24, 2.45) is 0 Å². The van der Waals surface area contributed by atoms with E-state index in [0.717, 1.165) is 6.08 Å². The number of ether oxygens (including phenoxy) is 2. The smallest absolute Gasteiger partial charge is 0.334 e. The molecule has 0 spiro atoms. The maximum atomic E-state index is 11.7. The summed E-state index contributed by atoms with van der Waals surface area (Å²) in [6, 6.07) is 6.84. The van der Waals surface area contributed by atoms with E-state index in [-0.39, 0.29) is 18.1 Å². The summed E-state index contributed by atoms with van der Waals surface area (Å²) in [6.45, 7) is 1.96. The number of carbonyl (C=O) groups is 2. The number of benzene rings is 1. The Kier molecular flexibility index (Phi) is 2.72. The van der Waals surface area contributed by atoms with Gasteiger partial charge in [-0.3, -0.25) is 4.79 Å². The van der Waals surface area contributed by atoms with Crippen molar-refractivity contribution in [3.8, 4) is 5.75 Å². The zero-order chi connectivity index (χ0) is 11.5. The summed E-state index contributed by atoms with van der Waals surface area (Å²) in [4.78, 5) is 22.9. The largest absolute Gasteiger partial charge is 0.463 e. The van der Waals surface area contributed by atoms with Crippen LogP contribution in [0, 0.1) is 0 Å². The standard InChI is InChI=1S/C12H10O4/c1-2-15-11(13)7-10-12(14)8-5-3-4-6-9(8)16-10/h3-7H,2H2,1H3/b10-7+. The lowest BCUT2D eigenvalue weighted by atomic mass is 10.1. The van der Waals surface area contributed by atoms with Crippen LogP contribution in [0.4, 0.5) is 0 Å². The number of para-hydroxylation sites is 1. The van der Waals surface area contributed by atoms with Crippen LogP contribution < -0.4 is 4.74 Å². The summed E-state index contributed by atoms with van der Waals surface area (Å²) < 4.78 is 9.95. The van der Waals surface area contributed by atoms with Gasteiger partial charge in [0.15, 0.2) is 5.76 Å². The van der Waals surface area contributed by atoms with Gasteiger partial charge in [0.05, 0.1) is 18.2 Å². The Morgan fingerprint density at radius 3 is 2.88 bits per heavy atom. The van der Waals surface area contributed by atoms with E-state index in [1.165, 1.54) is 0 Å². The zero-order valence-corrected chi connectivity index (χ0v) is 8.73. The third-order valence-corrected chi connectivity index (χ3v) is 2.11. The number of fused-ring (bicyclic) bond motifs is 1. The van der Waals surface area contributed by atoms with Crippen LogP contribution in [-0.4, -0.2) is 18.4 Å². The topological polar surface area (TPSA) is 52.6 Å². The normalized spacial score (nSPS) is 15.8. The second-order valence-corrected chi connectivity index (χ2v) is 3.19. The van der Waals surface area contributed by atoms with Crippen molar-refractivity contribution in [2.75, 3.05) is 6.61 Å². The Morgan fingerprint density at radius 2 is 2.19 bits per heavy atom. The number of hydrogen-bond donors (Lipinski definition) is 0. The van der Waals surface area contributed by atoms with E-state index in [4.69, 9.17) is 9.47 Å². The average molecular weight is 218 g/mol. The van der Waals surface area contributed by atoms with E-state index >= 15 is 0 Å². The molecule has 0 N–H and O–H groups in total. The number of hydrogen-bond acceptors (Lipinski definition) is 4. The van der Waals surface area contributed by atoms with Crippen LogP contribution in [0.5, 0.6) is 5.75 Å². The van der Waals surface area contributed by atoms with Crippen LogP contribution in [0.3, 0.4) is 0 Å². The van der Waals surface area contributed by atoms with Crippen LogP contribution >= 0.6 is 0 Å². The first kappa shape index (κ1) is 10.4. The highest BCUT2D eigenvalue weighted by atomic mass is 16.5. The summed E-state index contributed by atoms with van der Waals surface area (Å²) in [7, 11) is 0. The number of Topliss-reactive ketones (excluding diaryl/α,β-unsaturated/α-hetero) is 1. The van der Waals surface area contributed by atoms with Crippen molar-refractivity contribution in [3.05, 3.63) is 41.7 Å². The van der Waals surface area contributed by atoms with Crippen molar-refractivity contribution < 1.29 is 19.1 Å². The Labute approximate surface area is 92.5 Å². The number of allylic oxidation sites excluding steroid dienone is 1. The number of ketones is 1. The van der Waals surface area contributed by atoms with Crippen molar-refractivity contribution in [1.29, 1.82) is 0 Å². The number of rotatable bonds is 2. The van der Waals surface area contributed by atoms with E-state index in [9.17, 15) is 9.59 Å². The van der Waals surface area contributed by atoms with Crippen molar-refractivity contribution in [3.63, 3.8) is 0 Å². The summed E-state index contributed by atoms with van der Waals surface area (Å²) in [5.41, 5.74) is 0.470. The molecule has 1 heterocycles. The number of carbonyl (C=O) groups excluding carboxylic acids is 2. The Balaban J connectivity index is 2.25. The highest BCUT2D eigenvalue weighted by Gasteiger charge is 2.27. The highest BCUT2D eigenvalue weighted by molar-refractivity contribution is 6.14. The minimum Gasteiger partial charge on any atom is -0.463 e. The molecule has 0 radical (unpaired) electrons. The zero-order valence-electron chi connectivity index (χ0n) is 8.73. The van der Waals surface area contributed by atoms with Crippen molar-refractivity contribution >= 4 is 11.8 Å². The average Bonchev–Trinajstić information content (AvgIpc) is 2.57. The van der Waals surface area contributed by atoms with Crippen LogP contribution in [0.2, 0.25) is 0 Å². The molecular formula is C12H10O4. The van der Waals surface area contributed by atoms with Gasteiger partial charge in [-0.25, -0.2) is 4.79 Å². The van der Waals surface area contributed by atoms with Crippen molar-refractivity contribution in [1.82, 2.24) is 0 Å². The first-order chi connectivity index (χ1) is 7.72. The molecule has 0 aliphatic carbocycles. The van der Waals surface area contributed by atoms with Gasteiger partial charge in [0.1, 0.15) is 5.75 Å². The monoisotopic (exact) mass is 218 g/mol. The van der Waals surface area contributed by atoms with Gasteiger partial charge >= 0.3 is 5.97 Å². The quantitative estimate of drug-likeness (QED) is 0.560. The maximum Gasteiger partial charge on any atom is 0.334 e. The third kappa shape index (κ3) is 1.82. The molecule has 0 saturated heterocycles. The number of esters is 1. The molecule has 4 nitrogen and oxygen atoms in total. The van der Waals surface area contributed by atoms with Gasteiger partial charge in [0.2, 0.25) is 5.78 Å². The predicted molar refractivity (Wildman–Crippen MR) is 56.1 cm³/mol. The molecule has 82 valence electrons. The van der Waals surface area contributed by atoms with Crippen LogP contribution in [0.15, 0.2) is 36.1 Å². The SMILES string of the molecule is CCOC(=O)/C=C1/Oc2ccccc2C1=O. The molecule has 0 atom stereocenters. The van der Waals surface area contributed by atoms with Crippen LogP contribution in [0.1, 0.15) is 17.3 Å². The lowest BCUT2D eigenvalue weighted by Gasteiger charge is -1.98. The summed E-state index contributed by atoms with van der Waals surface area (Å²) >= 11 is 0. The summed E-state index contributed by atoms with van der Waals surface area (Å²) in [6.07, 6.45) is 1.08. The van der Waals surface area contributed by atoms with E-state index < -0.39 is 5.97 Å². The molecule has 4 heteroatoms. The Bertz CT molecular complexity index is 474. The lowest BCUT2D eigenvalue weighted by Crippen LogP contribution is -2.06. The molecular weight excluding hydrogens is 208 g/mol. The molecule has 16 heavy (non-hydrogen) atoms. The molecule has 1 aromatic rings. The van der Waals surface area contributed by atoms with Gasteiger partial charge in [0.25, 0.3) is 0 Å².